The van der Waals surface area contributed by atoms with Gasteiger partial charge in [-0.05, 0) is 23.8 Å². The Bertz CT molecular complexity index is 996. The zero-order valence-electron chi connectivity index (χ0n) is 13.3. The van der Waals surface area contributed by atoms with Crippen molar-refractivity contribution >= 4 is 16.8 Å². The summed E-state index contributed by atoms with van der Waals surface area (Å²) in [5.41, 5.74) is 1.30. The SMILES string of the molecule is O=C(NCc1cc(=O)[nH]c2ccccc12)C1COc2ccccc2O1. The predicted molar refractivity (Wildman–Crippen MR) is 92.8 cm³/mol. The number of para-hydroxylation sites is 3. The Labute approximate surface area is 143 Å². The van der Waals surface area contributed by atoms with E-state index in [1.165, 1.54) is 6.07 Å². The normalized spacial score (nSPS) is 15.8. The van der Waals surface area contributed by atoms with Gasteiger partial charge in [0.1, 0.15) is 6.61 Å². The molecule has 1 unspecified atom stereocenters. The Morgan fingerprint density at radius 2 is 1.88 bits per heavy atom. The minimum absolute atomic E-state index is 0.152. The van der Waals surface area contributed by atoms with E-state index in [0.29, 0.717) is 11.5 Å². The van der Waals surface area contributed by atoms with E-state index >= 15 is 0 Å². The fourth-order valence-electron chi connectivity index (χ4n) is 2.87. The largest absolute Gasteiger partial charge is 0.485 e. The number of rotatable bonds is 3. The Balaban J connectivity index is 1.49. The number of hydrogen-bond donors (Lipinski definition) is 2. The molecule has 3 aromatic rings. The number of pyridine rings is 1. The summed E-state index contributed by atoms with van der Waals surface area (Å²) in [5.74, 6) is 0.904. The standard InChI is InChI=1S/C19H16N2O4/c22-18-9-12(13-5-1-2-6-14(13)21-18)10-20-19(23)17-11-24-15-7-3-4-8-16(15)25-17/h1-9,17H,10-11H2,(H,20,23)(H,21,22). The summed E-state index contributed by atoms with van der Waals surface area (Å²) in [6.07, 6.45) is -0.719. The zero-order valence-corrected chi connectivity index (χ0v) is 13.3. The Kier molecular flexibility index (Phi) is 3.85. The Morgan fingerprint density at radius 3 is 2.76 bits per heavy atom. The molecule has 25 heavy (non-hydrogen) atoms. The minimum atomic E-state index is -0.719. The van der Waals surface area contributed by atoms with Crippen LogP contribution >= 0.6 is 0 Å². The number of nitrogens with one attached hydrogen (secondary N) is 2. The summed E-state index contributed by atoms with van der Waals surface area (Å²) in [6.45, 7) is 0.393. The first-order valence-corrected chi connectivity index (χ1v) is 7.98. The lowest BCUT2D eigenvalue weighted by Gasteiger charge is -2.25. The molecular weight excluding hydrogens is 320 g/mol. The molecule has 4 rings (SSSR count). The molecule has 0 saturated carbocycles. The van der Waals surface area contributed by atoms with Gasteiger partial charge < -0.3 is 19.8 Å². The predicted octanol–water partition coefficient (Wildman–Crippen LogP) is 1.98. The molecule has 6 nitrogen and oxygen atoms in total. The molecule has 2 heterocycles. The van der Waals surface area contributed by atoms with Crippen LogP contribution in [0.15, 0.2) is 59.4 Å². The molecule has 0 spiro atoms. The molecule has 0 aliphatic carbocycles. The van der Waals surface area contributed by atoms with Crippen LogP contribution in [-0.4, -0.2) is 23.6 Å². The van der Waals surface area contributed by atoms with E-state index in [1.54, 1.807) is 12.1 Å². The molecule has 6 heteroatoms. The quantitative estimate of drug-likeness (QED) is 0.766. The molecule has 126 valence electrons. The smallest absolute Gasteiger partial charge is 0.264 e. The molecule has 1 atom stereocenters. The fraction of sp³-hybridized carbons (Fsp3) is 0.158. The fourth-order valence-corrected chi connectivity index (χ4v) is 2.87. The Hall–Kier alpha value is -3.28. The lowest BCUT2D eigenvalue weighted by atomic mass is 10.1. The number of benzene rings is 2. The van der Waals surface area contributed by atoms with E-state index < -0.39 is 6.10 Å². The molecule has 0 radical (unpaired) electrons. The molecule has 1 aromatic heterocycles. The first kappa shape index (κ1) is 15.3. The molecule has 0 fully saturated rings. The molecule has 0 saturated heterocycles. The molecule has 1 aliphatic heterocycles. The number of aromatic amines is 1. The monoisotopic (exact) mass is 336 g/mol. The number of H-pyrrole nitrogens is 1. The average molecular weight is 336 g/mol. The number of carbonyl (C=O) groups is 1. The Morgan fingerprint density at radius 1 is 1.12 bits per heavy atom. The third-order valence-corrected chi connectivity index (χ3v) is 4.09. The maximum absolute atomic E-state index is 12.4. The first-order valence-electron chi connectivity index (χ1n) is 7.98. The van der Waals surface area contributed by atoms with Crippen LogP contribution in [0.3, 0.4) is 0 Å². The number of amides is 1. The van der Waals surface area contributed by atoms with Gasteiger partial charge in [0.15, 0.2) is 11.5 Å². The summed E-state index contributed by atoms with van der Waals surface area (Å²) < 4.78 is 11.2. The van der Waals surface area contributed by atoms with Gasteiger partial charge in [0.05, 0.1) is 0 Å². The molecule has 2 aromatic carbocycles. The maximum atomic E-state index is 12.4. The summed E-state index contributed by atoms with van der Waals surface area (Å²) in [4.78, 5) is 27.0. The summed E-state index contributed by atoms with van der Waals surface area (Å²) in [7, 11) is 0. The van der Waals surface area contributed by atoms with Gasteiger partial charge in [-0.1, -0.05) is 30.3 Å². The molecule has 0 bridgehead atoms. The molecule has 2 N–H and O–H groups in total. The highest BCUT2D eigenvalue weighted by Gasteiger charge is 2.27. The van der Waals surface area contributed by atoms with Crippen molar-refractivity contribution in [2.45, 2.75) is 12.6 Å². The second-order valence-electron chi connectivity index (χ2n) is 5.79. The van der Waals surface area contributed by atoms with Crippen molar-refractivity contribution in [1.29, 1.82) is 0 Å². The van der Waals surface area contributed by atoms with Gasteiger partial charge in [-0.25, -0.2) is 0 Å². The second kappa shape index (κ2) is 6.32. The van der Waals surface area contributed by atoms with Crippen LogP contribution in [-0.2, 0) is 11.3 Å². The minimum Gasteiger partial charge on any atom is -0.485 e. The average Bonchev–Trinajstić information content (AvgIpc) is 2.65. The van der Waals surface area contributed by atoms with Crippen LogP contribution in [0.1, 0.15) is 5.56 Å². The number of hydrogen-bond acceptors (Lipinski definition) is 4. The van der Waals surface area contributed by atoms with Crippen LogP contribution in [0, 0.1) is 0 Å². The number of fused-ring (bicyclic) bond motifs is 2. The highest BCUT2D eigenvalue weighted by molar-refractivity contribution is 5.84. The van der Waals surface area contributed by atoms with Gasteiger partial charge in [0, 0.05) is 23.5 Å². The van der Waals surface area contributed by atoms with Crippen LogP contribution < -0.4 is 20.3 Å². The maximum Gasteiger partial charge on any atom is 0.264 e. The highest BCUT2D eigenvalue weighted by Crippen LogP contribution is 2.30. The number of aromatic nitrogens is 1. The number of carbonyl (C=O) groups excluding carboxylic acids is 1. The zero-order chi connectivity index (χ0) is 17.2. The van der Waals surface area contributed by atoms with E-state index in [2.05, 4.69) is 10.3 Å². The molecular formula is C19H16N2O4. The van der Waals surface area contributed by atoms with E-state index in [-0.39, 0.29) is 24.6 Å². The van der Waals surface area contributed by atoms with Crippen molar-refractivity contribution in [2.75, 3.05) is 6.61 Å². The van der Waals surface area contributed by atoms with Crippen LogP contribution in [0.5, 0.6) is 11.5 Å². The van der Waals surface area contributed by atoms with E-state index in [1.807, 2.05) is 36.4 Å². The van der Waals surface area contributed by atoms with Crippen molar-refractivity contribution in [1.82, 2.24) is 10.3 Å². The van der Waals surface area contributed by atoms with Gasteiger partial charge in [-0.15, -0.1) is 0 Å². The van der Waals surface area contributed by atoms with E-state index in [0.717, 1.165) is 16.5 Å². The summed E-state index contributed by atoms with van der Waals surface area (Å²) in [5, 5.41) is 3.72. The first-order chi connectivity index (χ1) is 12.2. The van der Waals surface area contributed by atoms with E-state index in [9.17, 15) is 9.59 Å². The van der Waals surface area contributed by atoms with Crippen molar-refractivity contribution in [3.8, 4) is 11.5 Å². The van der Waals surface area contributed by atoms with Crippen molar-refractivity contribution in [3.05, 3.63) is 70.5 Å². The molecule has 1 aliphatic rings. The molecule has 1 amide bonds. The van der Waals surface area contributed by atoms with Gasteiger partial charge in [0.25, 0.3) is 5.91 Å². The van der Waals surface area contributed by atoms with Crippen LogP contribution in [0.25, 0.3) is 10.9 Å². The van der Waals surface area contributed by atoms with Gasteiger partial charge in [-0.3, -0.25) is 9.59 Å². The number of ether oxygens (including phenoxy) is 2. The van der Waals surface area contributed by atoms with Crippen LogP contribution in [0.2, 0.25) is 0 Å². The third kappa shape index (κ3) is 3.06. The summed E-state index contributed by atoms with van der Waals surface area (Å²) >= 11 is 0. The third-order valence-electron chi connectivity index (χ3n) is 4.09. The summed E-state index contributed by atoms with van der Waals surface area (Å²) in [6, 6.07) is 16.2. The van der Waals surface area contributed by atoms with Crippen molar-refractivity contribution in [3.63, 3.8) is 0 Å². The topological polar surface area (TPSA) is 80.4 Å². The van der Waals surface area contributed by atoms with Crippen LogP contribution in [0.4, 0.5) is 0 Å². The van der Waals surface area contributed by atoms with Crippen molar-refractivity contribution in [2.24, 2.45) is 0 Å². The second-order valence-corrected chi connectivity index (χ2v) is 5.79. The lowest BCUT2D eigenvalue weighted by Crippen LogP contribution is -2.43. The van der Waals surface area contributed by atoms with Crippen molar-refractivity contribution < 1.29 is 14.3 Å². The lowest BCUT2D eigenvalue weighted by molar-refractivity contribution is -0.130. The van der Waals surface area contributed by atoms with Gasteiger partial charge in [-0.2, -0.15) is 0 Å². The van der Waals surface area contributed by atoms with Gasteiger partial charge in [0.2, 0.25) is 11.7 Å². The van der Waals surface area contributed by atoms with E-state index in [4.69, 9.17) is 9.47 Å². The highest BCUT2D eigenvalue weighted by atomic mass is 16.6. The van der Waals surface area contributed by atoms with Gasteiger partial charge >= 0.3 is 0 Å².